The molecule has 4 rings (SSSR count). The summed E-state index contributed by atoms with van der Waals surface area (Å²) in [5, 5.41) is 10.7. The second-order valence-electron chi connectivity index (χ2n) is 9.98. The van der Waals surface area contributed by atoms with Crippen LogP contribution in [-0.2, 0) is 14.4 Å². The van der Waals surface area contributed by atoms with Gasteiger partial charge in [0.2, 0.25) is 11.8 Å². The summed E-state index contributed by atoms with van der Waals surface area (Å²) < 4.78 is 10.7. The van der Waals surface area contributed by atoms with E-state index in [1.807, 2.05) is 6.07 Å². The first kappa shape index (κ1) is 33.3. The third-order valence-corrected chi connectivity index (χ3v) is 7.59. The number of methoxy groups -OCH3 is 2. The van der Waals surface area contributed by atoms with Crippen molar-refractivity contribution in [1.82, 2.24) is 5.32 Å². The minimum absolute atomic E-state index is 0.0106. The second kappa shape index (κ2) is 16.0. The molecule has 0 saturated carbocycles. The van der Waals surface area contributed by atoms with Gasteiger partial charge in [-0.3, -0.25) is 19.2 Å². The summed E-state index contributed by atoms with van der Waals surface area (Å²) in [5.41, 5.74) is 2.71. The number of anilines is 3. The molecule has 4 aromatic carbocycles. The highest BCUT2D eigenvalue weighted by atomic mass is 32.2. The van der Waals surface area contributed by atoms with Gasteiger partial charge in [-0.15, -0.1) is 11.8 Å². The lowest BCUT2D eigenvalue weighted by atomic mass is 10.1. The number of hydrogen-bond acceptors (Lipinski definition) is 7. The van der Waals surface area contributed by atoms with Crippen molar-refractivity contribution < 1.29 is 28.7 Å². The first-order valence-electron chi connectivity index (χ1n) is 14.2. The maximum absolute atomic E-state index is 13.5. The van der Waals surface area contributed by atoms with Crippen molar-refractivity contribution in [2.75, 3.05) is 30.2 Å². The largest absolute Gasteiger partial charge is 0.493 e. The van der Waals surface area contributed by atoms with Gasteiger partial charge in [0.1, 0.15) is 5.70 Å². The predicted molar refractivity (Wildman–Crippen MR) is 181 cm³/mol. The summed E-state index contributed by atoms with van der Waals surface area (Å²) in [6, 6.07) is 27.6. The van der Waals surface area contributed by atoms with Crippen LogP contribution < -0.4 is 30.7 Å². The molecule has 10 nitrogen and oxygen atoms in total. The number of thioether (sulfide) groups is 1. The lowest BCUT2D eigenvalue weighted by molar-refractivity contribution is -0.115. The monoisotopic (exact) mass is 638 g/mol. The number of hydrogen-bond donors (Lipinski definition) is 4. The summed E-state index contributed by atoms with van der Waals surface area (Å²) in [6.07, 6.45) is 1.55. The highest BCUT2D eigenvalue weighted by Crippen LogP contribution is 2.29. The van der Waals surface area contributed by atoms with E-state index in [0.29, 0.717) is 39.7 Å². The summed E-state index contributed by atoms with van der Waals surface area (Å²) in [5.74, 6) is -0.393. The number of ether oxygens (including phenoxy) is 2. The van der Waals surface area contributed by atoms with Crippen LogP contribution in [0, 0.1) is 0 Å². The van der Waals surface area contributed by atoms with Gasteiger partial charge in [-0.25, -0.2) is 0 Å². The van der Waals surface area contributed by atoms with Gasteiger partial charge in [-0.1, -0.05) is 30.3 Å². The van der Waals surface area contributed by atoms with Crippen molar-refractivity contribution in [1.29, 1.82) is 0 Å². The Labute approximate surface area is 271 Å². The molecule has 1 unspecified atom stereocenters. The zero-order chi connectivity index (χ0) is 33.1. The normalized spacial score (nSPS) is 11.5. The molecule has 0 saturated heterocycles. The molecule has 0 bridgehead atoms. The van der Waals surface area contributed by atoms with Gasteiger partial charge in [-0.05, 0) is 85.3 Å². The molecule has 4 N–H and O–H groups in total. The minimum Gasteiger partial charge on any atom is -0.493 e. The number of rotatable bonds is 12. The van der Waals surface area contributed by atoms with Crippen molar-refractivity contribution >= 4 is 58.5 Å². The van der Waals surface area contributed by atoms with Gasteiger partial charge in [0.15, 0.2) is 11.5 Å². The van der Waals surface area contributed by atoms with Crippen LogP contribution in [0.5, 0.6) is 11.5 Å². The van der Waals surface area contributed by atoms with Crippen LogP contribution in [0.2, 0.25) is 0 Å². The highest BCUT2D eigenvalue weighted by Gasteiger charge is 2.18. The van der Waals surface area contributed by atoms with E-state index in [1.165, 1.54) is 32.9 Å². The van der Waals surface area contributed by atoms with E-state index in [4.69, 9.17) is 9.47 Å². The van der Waals surface area contributed by atoms with Gasteiger partial charge in [0.05, 0.1) is 19.5 Å². The fourth-order valence-electron chi connectivity index (χ4n) is 4.24. The lowest BCUT2D eigenvalue weighted by Crippen LogP contribution is -2.30. The molecule has 0 aliphatic rings. The molecule has 11 heteroatoms. The summed E-state index contributed by atoms with van der Waals surface area (Å²) >= 11 is 1.32. The van der Waals surface area contributed by atoms with Gasteiger partial charge >= 0.3 is 0 Å². The summed E-state index contributed by atoms with van der Waals surface area (Å²) in [7, 11) is 3.04. The standard InChI is InChI=1S/C35H34N4O6S/c1-22(33(41)37-27-16-14-26(15-17-27)36-23(2)40)46-29-12-8-11-28(21-29)38-35(43)30(39-34(42)25-9-6-5-7-10-25)19-24-13-18-31(44-3)32(20-24)45-4/h5-22H,1-4H3,(H,36,40)(H,37,41)(H,38,43)(H,39,42)/b30-19+. The lowest BCUT2D eigenvalue weighted by Gasteiger charge is -2.14. The number of nitrogens with one attached hydrogen (secondary N) is 4. The van der Waals surface area contributed by atoms with Crippen LogP contribution in [0.4, 0.5) is 17.1 Å². The van der Waals surface area contributed by atoms with Gasteiger partial charge < -0.3 is 30.7 Å². The van der Waals surface area contributed by atoms with E-state index < -0.39 is 17.1 Å². The molecule has 1 atom stereocenters. The van der Waals surface area contributed by atoms with Crippen molar-refractivity contribution in [3.05, 3.63) is 114 Å². The van der Waals surface area contributed by atoms with Crippen molar-refractivity contribution in [2.24, 2.45) is 0 Å². The Morgan fingerprint density at radius 2 is 1.39 bits per heavy atom. The maximum atomic E-state index is 13.5. The fraction of sp³-hybridized carbons (Fsp3) is 0.143. The molecule has 4 aromatic rings. The molecule has 0 aliphatic heterocycles. The van der Waals surface area contributed by atoms with Crippen LogP contribution in [0.25, 0.3) is 6.08 Å². The fourth-order valence-corrected chi connectivity index (χ4v) is 5.17. The highest BCUT2D eigenvalue weighted by molar-refractivity contribution is 8.00. The van der Waals surface area contributed by atoms with E-state index in [-0.39, 0.29) is 17.5 Å². The SMILES string of the molecule is COc1ccc(/C=C(/NC(=O)c2ccccc2)C(=O)Nc2cccc(SC(C)C(=O)Nc3ccc(NC(C)=O)cc3)c2)cc1OC. The van der Waals surface area contributed by atoms with Crippen LogP contribution in [0.1, 0.15) is 29.8 Å². The molecule has 0 fully saturated rings. The second-order valence-corrected chi connectivity index (χ2v) is 11.4. The first-order chi connectivity index (χ1) is 22.1. The van der Waals surface area contributed by atoms with Gasteiger partial charge in [-0.2, -0.15) is 0 Å². The zero-order valence-corrected chi connectivity index (χ0v) is 26.6. The Morgan fingerprint density at radius 1 is 0.717 bits per heavy atom. The average Bonchev–Trinajstić information content (AvgIpc) is 3.05. The Morgan fingerprint density at radius 3 is 2.04 bits per heavy atom. The maximum Gasteiger partial charge on any atom is 0.272 e. The Hall–Kier alpha value is -5.55. The van der Waals surface area contributed by atoms with Gasteiger partial charge in [0.25, 0.3) is 11.8 Å². The molecular formula is C35H34N4O6S. The number of carbonyl (C=O) groups is 4. The van der Waals surface area contributed by atoms with E-state index in [9.17, 15) is 19.2 Å². The number of carbonyl (C=O) groups excluding carboxylic acids is 4. The molecule has 0 spiro atoms. The zero-order valence-electron chi connectivity index (χ0n) is 25.8. The van der Waals surface area contributed by atoms with Crippen LogP contribution >= 0.6 is 11.8 Å². The molecule has 0 aliphatic carbocycles. The molecular weight excluding hydrogens is 604 g/mol. The van der Waals surface area contributed by atoms with Crippen LogP contribution in [-0.4, -0.2) is 43.1 Å². The van der Waals surface area contributed by atoms with E-state index in [0.717, 1.165) is 4.90 Å². The first-order valence-corrected chi connectivity index (χ1v) is 15.1. The predicted octanol–water partition coefficient (Wildman–Crippen LogP) is 6.19. The molecule has 0 aromatic heterocycles. The third-order valence-electron chi connectivity index (χ3n) is 6.49. The Kier molecular flexibility index (Phi) is 11.6. The van der Waals surface area contributed by atoms with Crippen molar-refractivity contribution in [3.8, 4) is 11.5 Å². The minimum atomic E-state index is -0.547. The van der Waals surface area contributed by atoms with Crippen molar-refractivity contribution in [2.45, 2.75) is 24.0 Å². The van der Waals surface area contributed by atoms with Gasteiger partial charge in [0, 0.05) is 34.4 Å². The van der Waals surface area contributed by atoms with E-state index in [2.05, 4.69) is 21.3 Å². The Balaban J connectivity index is 1.48. The Bertz CT molecular complexity index is 1740. The molecule has 0 radical (unpaired) electrons. The van der Waals surface area contributed by atoms with Crippen LogP contribution in [0.15, 0.2) is 108 Å². The summed E-state index contributed by atoms with van der Waals surface area (Å²) in [4.78, 5) is 51.4. The quantitative estimate of drug-likeness (QED) is 0.107. The van der Waals surface area contributed by atoms with Crippen molar-refractivity contribution in [3.63, 3.8) is 0 Å². The molecule has 236 valence electrons. The average molecular weight is 639 g/mol. The molecule has 4 amide bonds. The third kappa shape index (κ3) is 9.47. The van der Waals surface area contributed by atoms with Crippen LogP contribution in [0.3, 0.4) is 0 Å². The molecule has 46 heavy (non-hydrogen) atoms. The topological polar surface area (TPSA) is 135 Å². The van der Waals surface area contributed by atoms with E-state index in [1.54, 1.807) is 104 Å². The number of amides is 4. The van der Waals surface area contributed by atoms with E-state index >= 15 is 0 Å². The molecule has 0 heterocycles. The number of benzene rings is 4. The smallest absolute Gasteiger partial charge is 0.272 e. The summed E-state index contributed by atoms with van der Waals surface area (Å²) in [6.45, 7) is 3.20.